The number of thioether (sulfide) groups is 1. The molecule has 0 fully saturated rings. The van der Waals surface area contributed by atoms with Crippen LogP contribution in [0.25, 0.3) is 0 Å². The van der Waals surface area contributed by atoms with E-state index in [9.17, 15) is 0 Å². The summed E-state index contributed by atoms with van der Waals surface area (Å²) in [5.74, 6) is 0.832. The van der Waals surface area contributed by atoms with Crippen LogP contribution in [0.15, 0.2) is 30.3 Å². The molecule has 2 nitrogen and oxygen atoms in total. The molecule has 15 heavy (non-hydrogen) atoms. The van der Waals surface area contributed by atoms with Gasteiger partial charge in [0.25, 0.3) is 0 Å². The van der Waals surface area contributed by atoms with Crippen LogP contribution in [0.4, 0.5) is 0 Å². The summed E-state index contributed by atoms with van der Waals surface area (Å²) in [4.78, 5) is 0. The topological polar surface area (TPSA) is 29.5 Å². The third-order valence-corrected chi connectivity index (χ3v) is 3.02. The summed E-state index contributed by atoms with van der Waals surface area (Å²) in [5, 5.41) is 8.56. The Kier molecular flexibility index (Phi) is 6.39. The van der Waals surface area contributed by atoms with Crippen LogP contribution in [0, 0.1) is 0 Å². The van der Waals surface area contributed by atoms with E-state index in [1.165, 1.54) is 17.3 Å². The normalized spacial score (nSPS) is 9.93. The lowest BCUT2D eigenvalue weighted by Gasteiger charge is -2.05. The number of hydrogen-bond acceptors (Lipinski definition) is 4. The lowest BCUT2D eigenvalue weighted by Crippen LogP contribution is -2.01. The van der Waals surface area contributed by atoms with E-state index in [2.05, 4.69) is 12.1 Å². The van der Waals surface area contributed by atoms with Gasteiger partial charge in [-0.2, -0.15) is 0 Å². The van der Waals surface area contributed by atoms with Crippen molar-refractivity contribution >= 4 is 28.4 Å². The highest BCUT2D eigenvalue weighted by molar-refractivity contribution is 8.22. The summed E-state index contributed by atoms with van der Waals surface area (Å²) in [6.07, 6.45) is 0.631. The Morgan fingerprint density at radius 1 is 1.33 bits per heavy atom. The quantitative estimate of drug-likeness (QED) is 0.635. The van der Waals surface area contributed by atoms with Crippen LogP contribution in [0.2, 0.25) is 0 Å². The first kappa shape index (κ1) is 12.5. The molecule has 0 atom stereocenters. The van der Waals surface area contributed by atoms with Crippen molar-refractivity contribution in [2.75, 3.05) is 13.2 Å². The Labute approximate surface area is 99.6 Å². The zero-order valence-corrected chi connectivity index (χ0v) is 10.0. The zero-order valence-electron chi connectivity index (χ0n) is 8.39. The highest BCUT2D eigenvalue weighted by Gasteiger charge is 1.99. The van der Waals surface area contributed by atoms with Crippen molar-refractivity contribution in [2.24, 2.45) is 0 Å². The molecule has 0 unspecified atom stereocenters. The highest BCUT2D eigenvalue weighted by atomic mass is 32.2. The molecule has 1 aromatic rings. The molecule has 0 bridgehead atoms. The molecule has 0 saturated carbocycles. The number of benzene rings is 1. The molecule has 0 spiro atoms. The van der Waals surface area contributed by atoms with E-state index >= 15 is 0 Å². The molecule has 4 heteroatoms. The smallest absolute Gasteiger partial charge is 0.220 e. The van der Waals surface area contributed by atoms with Gasteiger partial charge in [-0.3, -0.25) is 0 Å². The Bertz CT molecular complexity index is 288. The molecule has 0 heterocycles. The predicted octanol–water partition coefficient (Wildman–Crippen LogP) is 2.60. The Morgan fingerprint density at radius 2 is 2.07 bits per heavy atom. The Balaban J connectivity index is 2.17. The van der Waals surface area contributed by atoms with E-state index in [0.29, 0.717) is 17.4 Å². The molecule has 0 saturated heterocycles. The summed E-state index contributed by atoms with van der Waals surface area (Å²) in [5.41, 5.74) is 1.23. The van der Waals surface area contributed by atoms with Crippen molar-refractivity contribution in [1.82, 2.24) is 0 Å². The predicted molar refractivity (Wildman–Crippen MR) is 68.0 cm³/mol. The van der Waals surface area contributed by atoms with Crippen LogP contribution in [0.1, 0.15) is 12.0 Å². The number of rotatable bonds is 5. The molecule has 0 amide bonds. The summed E-state index contributed by atoms with van der Waals surface area (Å²) >= 11 is 6.53. The maximum absolute atomic E-state index is 8.56. The highest BCUT2D eigenvalue weighted by Crippen LogP contribution is 2.14. The van der Waals surface area contributed by atoms with Crippen LogP contribution in [-0.4, -0.2) is 22.7 Å². The van der Waals surface area contributed by atoms with E-state index in [0.717, 1.165) is 5.75 Å². The number of hydrogen-bond donors (Lipinski definition) is 1. The van der Waals surface area contributed by atoms with Gasteiger partial charge in [-0.05, 0) is 17.8 Å². The fourth-order valence-electron chi connectivity index (χ4n) is 0.978. The average molecular weight is 242 g/mol. The van der Waals surface area contributed by atoms with Crippen molar-refractivity contribution in [3.8, 4) is 0 Å². The van der Waals surface area contributed by atoms with Crippen molar-refractivity contribution in [3.05, 3.63) is 35.9 Å². The summed E-state index contributed by atoms with van der Waals surface area (Å²) in [6.45, 7) is 0.642. The molecule has 0 aromatic heterocycles. The number of aliphatic hydroxyl groups is 1. The maximum Gasteiger partial charge on any atom is 0.220 e. The van der Waals surface area contributed by atoms with E-state index in [-0.39, 0.29) is 6.61 Å². The third kappa shape index (κ3) is 5.77. The lowest BCUT2D eigenvalue weighted by molar-refractivity contribution is 0.233. The van der Waals surface area contributed by atoms with Gasteiger partial charge in [0, 0.05) is 18.8 Å². The SMILES string of the molecule is OCCCOC(=S)SCc1ccccc1. The average Bonchev–Trinajstić information content (AvgIpc) is 2.28. The van der Waals surface area contributed by atoms with Gasteiger partial charge in [-0.15, -0.1) is 0 Å². The van der Waals surface area contributed by atoms with Crippen molar-refractivity contribution in [1.29, 1.82) is 0 Å². The van der Waals surface area contributed by atoms with E-state index in [1.807, 2.05) is 18.2 Å². The number of ether oxygens (including phenoxy) is 1. The number of thiocarbonyl (C=S) groups is 1. The van der Waals surface area contributed by atoms with Crippen LogP contribution in [0.3, 0.4) is 0 Å². The minimum Gasteiger partial charge on any atom is -0.478 e. The summed E-state index contributed by atoms with van der Waals surface area (Å²) in [7, 11) is 0. The van der Waals surface area contributed by atoms with Gasteiger partial charge < -0.3 is 9.84 Å². The van der Waals surface area contributed by atoms with Crippen molar-refractivity contribution in [2.45, 2.75) is 12.2 Å². The molecule has 0 radical (unpaired) electrons. The van der Waals surface area contributed by atoms with Gasteiger partial charge in [0.2, 0.25) is 4.38 Å². The fourth-order valence-corrected chi connectivity index (χ4v) is 1.88. The van der Waals surface area contributed by atoms with E-state index in [4.69, 9.17) is 22.1 Å². The molecule has 1 N–H and O–H groups in total. The van der Waals surface area contributed by atoms with Gasteiger partial charge in [0.1, 0.15) is 0 Å². The van der Waals surface area contributed by atoms with Crippen molar-refractivity contribution < 1.29 is 9.84 Å². The zero-order chi connectivity index (χ0) is 10.9. The molecule has 0 aliphatic rings. The van der Waals surface area contributed by atoms with Crippen LogP contribution < -0.4 is 0 Å². The standard InChI is InChI=1S/C11H14O2S2/c12-7-4-8-13-11(14)15-9-10-5-2-1-3-6-10/h1-3,5-6,12H,4,7-9H2. The molecule has 1 rings (SSSR count). The summed E-state index contributed by atoms with van der Waals surface area (Å²) in [6, 6.07) is 10.1. The van der Waals surface area contributed by atoms with Gasteiger partial charge in [-0.1, -0.05) is 42.1 Å². The first-order valence-corrected chi connectivity index (χ1v) is 6.16. The molecular weight excluding hydrogens is 228 g/mol. The van der Waals surface area contributed by atoms with Crippen LogP contribution in [0.5, 0.6) is 0 Å². The third-order valence-electron chi connectivity index (χ3n) is 1.72. The second kappa shape index (κ2) is 7.68. The summed E-state index contributed by atoms with van der Waals surface area (Å²) < 4.78 is 5.79. The van der Waals surface area contributed by atoms with Crippen LogP contribution in [-0.2, 0) is 10.5 Å². The molecular formula is C11H14O2S2. The van der Waals surface area contributed by atoms with Gasteiger partial charge in [-0.25, -0.2) is 0 Å². The molecule has 1 aromatic carbocycles. The monoisotopic (exact) mass is 242 g/mol. The Hall–Kier alpha value is -0.580. The van der Waals surface area contributed by atoms with Gasteiger partial charge in [0.05, 0.1) is 6.61 Å². The minimum absolute atomic E-state index is 0.145. The molecule has 0 aliphatic carbocycles. The first-order valence-electron chi connectivity index (χ1n) is 4.77. The van der Waals surface area contributed by atoms with E-state index in [1.54, 1.807) is 0 Å². The molecule has 82 valence electrons. The second-order valence-electron chi connectivity index (χ2n) is 2.95. The number of aliphatic hydroxyl groups excluding tert-OH is 1. The van der Waals surface area contributed by atoms with Gasteiger partial charge >= 0.3 is 0 Å². The first-order chi connectivity index (χ1) is 7.33. The molecule has 0 aliphatic heterocycles. The van der Waals surface area contributed by atoms with Gasteiger partial charge in [0.15, 0.2) is 0 Å². The second-order valence-corrected chi connectivity index (χ2v) is 4.53. The Morgan fingerprint density at radius 3 is 2.73 bits per heavy atom. The maximum atomic E-state index is 8.56. The largest absolute Gasteiger partial charge is 0.478 e. The van der Waals surface area contributed by atoms with Crippen molar-refractivity contribution in [3.63, 3.8) is 0 Å². The lowest BCUT2D eigenvalue weighted by atomic mass is 10.2. The van der Waals surface area contributed by atoms with Crippen LogP contribution >= 0.6 is 24.0 Å². The minimum atomic E-state index is 0.145. The van der Waals surface area contributed by atoms with E-state index < -0.39 is 0 Å². The fraction of sp³-hybridized carbons (Fsp3) is 0.364.